The van der Waals surface area contributed by atoms with Crippen molar-refractivity contribution >= 4 is 17.5 Å². The second-order valence-electron chi connectivity index (χ2n) is 4.76. The number of amides is 2. The number of ether oxygens (including phenoxy) is 2. The molecule has 0 aromatic heterocycles. The number of hydrogen-bond donors (Lipinski definition) is 0. The van der Waals surface area contributed by atoms with E-state index in [0.717, 1.165) is 24.2 Å². The molecule has 0 saturated carbocycles. The molecule has 2 amide bonds. The molecular formula is C15H15NO4. The molecule has 1 aromatic carbocycles. The molecule has 20 heavy (non-hydrogen) atoms. The van der Waals surface area contributed by atoms with Gasteiger partial charge in [0.25, 0.3) is 11.8 Å². The molecule has 1 saturated heterocycles. The van der Waals surface area contributed by atoms with Gasteiger partial charge >= 0.3 is 0 Å². The van der Waals surface area contributed by atoms with Crippen molar-refractivity contribution in [1.29, 1.82) is 0 Å². The average Bonchev–Trinajstić information content (AvgIpc) is 2.80. The number of benzene rings is 1. The summed E-state index contributed by atoms with van der Waals surface area (Å²) < 4.78 is 11.2. The Bertz CT molecular complexity index is 543. The van der Waals surface area contributed by atoms with Gasteiger partial charge in [0.05, 0.1) is 12.3 Å². The number of imide groups is 1. The number of carbonyl (C=O) groups is 2. The molecule has 0 spiro atoms. The quantitative estimate of drug-likeness (QED) is 0.791. The maximum atomic E-state index is 11.6. The van der Waals surface area contributed by atoms with Crippen molar-refractivity contribution in [1.82, 2.24) is 0 Å². The second-order valence-corrected chi connectivity index (χ2v) is 4.76. The Hall–Kier alpha value is -2.14. The third-order valence-corrected chi connectivity index (χ3v) is 3.29. The first kappa shape index (κ1) is 12.9. The van der Waals surface area contributed by atoms with Crippen molar-refractivity contribution in [2.24, 2.45) is 0 Å². The van der Waals surface area contributed by atoms with Crippen molar-refractivity contribution in [2.75, 3.05) is 11.5 Å². The lowest BCUT2D eigenvalue weighted by molar-refractivity contribution is -0.119. The van der Waals surface area contributed by atoms with Crippen molar-refractivity contribution in [3.63, 3.8) is 0 Å². The Balaban J connectivity index is 1.75. The fourth-order valence-electron chi connectivity index (χ4n) is 2.31. The highest BCUT2D eigenvalue weighted by Gasteiger charge is 2.25. The van der Waals surface area contributed by atoms with Crippen LogP contribution >= 0.6 is 0 Å². The molecule has 2 aliphatic heterocycles. The number of hydrogen-bond acceptors (Lipinski definition) is 4. The maximum absolute atomic E-state index is 11.6. The summed E-state index contributed by atoms with van der Waals surface area (Å²) in [5.41, 5.74) is 0.512. The lowest BCUT2D eigenvalue weighted by atomic mass is 10.2. The zero-order valence-electron chi connectivity index (χ0n) is 11.0. The molecule has 5 heteroatoms. The lowest BCUT2D eigenvalue weighted by Crippen LogP contribution is -2.29. The summed E-state index contributed by atoms with van der Waals surface area (Å²) >= 11 is 0. The van der Waals surface area contributed by atoms with Crippen LogP contribution in [-0.4, -0.2) is 24.7 Å². The fraction of sp³-hybridized carbons (Fsp3) is 0.333. The van der Waals surface area contributed by atoms with Crippen molar-refractivity contribution in [2.45, 2.75) is 25.6 Å². The monoisotopic (exact) mass is 273 g/mol. The van der Waals surface area contributed by atoms with E-state index in [1.807, 2.05) is 0 Å². The van der Waals surface area contributed by atoms with E-state index in [2.05, 4.69) is 0 Å². The van der Waals surface area contributed by atoms with Gasteiger partial charge in [-0.1, -0.05) is 6.07 Å². The third-order valence-electron chi connectivity index (χ3n) is 3.29. The summed E-state index contributed by atoms with van der Waals surface area (Å²) in [6.07, 6.45) is 5.27. The molecule has 1 aromatic rings. The van der Waals surface area contributed by atoms with Gasteiger partial charge in [-0.25, -0.2) is 4.90 Å². The zero-order chi connectivity index (χ0) is 13.9. The van der Waals surface area contributed by atoms with E-state index in [-0.39, 0.29) is 18.1 Å². The zero-order valence-corrected chi connectivity index (χ0v) is 11.0. The van der Waals surface area contributed by atoms with E-state index in [1.54, 1.807) is 24.3 Å². The van der Waals surface area contributed by atoms with Crippen LogP contribution in [0.3, 0.4) is 0 Å². The lowest BCUT2D eigenvalue weighted by Gasteiger charge is -2.24. The van der Waals surface area contributed by atoms with Crippen molar-refractivity contribution in [3.8, 4) is 5.75 Å². The minimum atomic E-state index is -0.332. The highest BCUT2D eigenvalue weighted by atomic mass is 16.7. The van der Waals surface area contributed by atoms with Gasteiger partial charge in [-0.2, -0.15) is 0 Å². The van der Waals surface area contributed by atoms with Crippen LogP contribution in [0.1, 0.15) is 19.3 Å². The SMILES string of the molecule is O=C1C=CC(=O)N1c1cccc(OC2CCCCO2)c1. The molecule has 0 N–H and O–H groups in total. The van der Waals surface area contributed by atoms with Crippen molar-refractivity contribution in [3.05, 3.63) is 36.4 Å². The minimum Gasteiger partial charge on any atom is -0.465 e. The second kappa shape index (κ2) is 5.46. The van der Waals surface area contributed by atoms with Crippen LogP contribution in [0.5, 0.6) is 5.75 Å². The van der Waals surface area contributed by atoms with E-state index in [4.69, 9.17) is 9.47 Å². The first-order valence-corrected chi connectivity index (χ1v) is 6.68. The molecule has 5 nitrogen and oxygen atoms in total. The standard InChI is InChI=1S/C15H15NO4/c17-13-7-8-14(18)16(13)11-4-3-5-12(10-11)20-15-6-1-2-9-19-15/h3-5,7-8,10,15H,1-2,6,9H2. The van der Waals surface area contributed by atoms with E-state index in [9.17, 15) is 9.59 Å². The molecule has 2 aliphatic rings. The van der Waals surface area contributed by atoms with Crippen LogP contribution in [0.25, 0.3) is 0 Å². The molecule has 1 atom stereocenters. The summed E-state index contributed by atoms with van der Waals surface area (Å²) in [6, 6.07) is 6.93. The van der Waals surface area contributed by atoms with Crippen LogP contribution in [0.4, 0.5) is 5.69 Å². The van der Waals surface area contributed by atoms with E-state index < -0.39 is 0 Å². The van der Waals surface area contributed by atoms with Gasteiger partial charge in [-0.05, 0) is 25.0 Å². The highest BCUT2D eigenvalue weighted by molar-refractivity contribution is 6.28. The van der Waals surface area contributed by atoms with E-state index in [1.165, 1.54) is 12.2 Å². The summed E-state index contributed by atoms with van der Waals surface area (Å²) in [5, 5.41) is 0. The molecular weight excluding hydrogens is 258 g/mol. The van der Waals surface area contributed by atoms with Gasteiger partial charge in [0, 0.05) is 24.6 Å². The Morgan fingerprint density at radius 3 is 2.65 bits per heavy atom. The van der Waals surface area contributed by atoms with E-state index in [0.29, 0.717) is 18.0 Å². The predicted molar refractivity (Wildman–Crippen MR) is 72.3 cm³/mol. The van der Waals surface area contributed by atoms with Gasteiger partial charge < -0.3 is 9.47 Å². The van der Waals surface area contributed by atoms with Gasteiger partial charge in [-0.3, -0.25) is 9.59 Å². The summed E-state index contributed by atoms with van der Waals surface area (Å²) in [5.74, 6) is -0.0657. The van der Waals surface area contributed by atoms with E-state index >= 15 is 0 Å². The maximum Gasteiger partial charge on any atom is 0.258 e. The largest absolute Gasteiger partial charge is 0.465 e. The smallest absolute Gasteiger partial charge is 0.258 e. The van der Waals surface area contributed by atoms with Crippen LogP contribution in [-0.2, 0) is 14.3 Å². The van der Waals surface area contributed by atoms with Crippen LogP contribution in [0.15, 0.2) is 36.4 Å². The van der Waals surface area contributed by atoms with Gasteiger partial charge in [-0.15, -0.1) is 0 Å². The van der Waals surface area contributed by atoms with Crippen LogP contribution in [0.2, 0.25) is 0 Å². The number of rotatable bonds is 3. The Morgan fingerprint density at radius 1 is 1.15 bits per heavy atom. The molecule has 2 heterocycles. The topological polar surface area (TPSA) is 55.8 Å². The summed E-state index contributed by atoms with van der Waals surface area (Å²) in [7, 11) is 0. The average molecular weight is 273 g/mol. The Morgan fingerprint density at radius 2 is 1.95 bits per heavy atom. The molecule has 3 rings (SSSR count). The molecule has 104 valence electrons. The van der Waals surface area contributed by atoms with Crippen LogP contribution in [0, 0.1) is 0 Å². The Labute approximate surface area is 116 Å². The summed E-state index contributed by atoms with van der Waals surface area (Å²) in [4.78, 5) is 24.4. The first-order chi connectivity index (χ1) is 9.74. The molecule has 1 unspecified atom stereocenters. The normalized spacial score (nSPS) is 22.4. The summed E-state index contributed by atoms with van der Waals surface area (Å²) in [6.45, 7) is 0.706. The molecule has 0 aliphatic carbocycles. The number of nitrogens with zero attached hydrogens (tertiary/aromatic N) is 1. The Kier molecular flexibility index (Phi) is 3.52. The minimum absolute atomic E-state index is 0.248. The predicted octanol–water partition coefficient (Wildman–Crippen LogP) is 2.02. The van der Waals surface area contributed by atoms with Gasteiger partial charge in [0.2, 0.25) is 0 Å². The van der Waals surface area contributed by atoms with Crippen molar-refractivity contribution < 1.29 is 19.1 Å². The number of carbonyl (C=O) groups excluding carboxylic acids is 2. The van der Waals surface area contributed by atoms with Crippen LogP contribution < -0.4 is 9.64 Å². The highest BCUT2D eigenvalue weighted by Crippen LogP contribution is 2.26. The molecule has 1 fully saturated rings. The molecule has 0 radical (unpaired) electrons. The van der Waals surface area contributed by atoms with Gasteiger partial charge in [0.1, 0.15) is 5.75 Å². The van der Waals surface area contributed by atoms with Gasteiger partial charge in [0.15, 0.2) is 6.29 Å². The third kappa shape index (κ3) is 2.58. The fourth-order valence-corrected chi connectivity index (χ4v) is 2.31. The first-order valence-electron chi connectivity index (χ1n) is 6.68. The molecule has 0 bridgehead atoms. The number of anilines is 1.